The summed E-state index contributed by atoms with van der Waals surface area (Å²) in [5, 5.41) is 2.99. The number of sulfonamides is 1. The van der Waals surface area contributed by atoms with E-state index in [2.05, 4.69) is 5.32 Å². The number of nitrogens with one attached hydrogen (secondary N) is 1. The van der Waals surface area contributed by atoms with Crippen molar-refractivity contribution < 1.29 is 17.9 Å². The third-order valence-electron chi connectivity index (χ3n) is 4.72. The molecule has 1 heterocycles. The average Bonchev–Trinajstić information content (AvgIpc) is 2.59. The van der Waals surface area contributed by atoms with Gasteiger partial charge in [-0.05, 0) is 39.0 Å². The summed E-state index contributed by atoms with van der Waals surface area (Å²) in [7, 11) is -3.60. The molecular formula is C21H26N2O4S. The van der Waals surface area contributed by atoms with Crippen LogP contribution in [-0.4, -0.2) is 32.7 Å². The first-order chi connectivity index (χ1) is 13.0. The van der Waals surface area contributed by atoms with Crippen LogP contribution in [-0.2, 0) is 14.8 Å². The molecule has 0 saturated carbocycles. The highest BCUT2D eigenvalue weighted by atomic mass is 32.2. The van der Waals surface area contributed by atoms with E-state index >= 15 is 0 Å². The molecule has 2 aromatic carbocycles. The van der Waals surface area contributed by atoms with Crippen LogP contribution in [0.5, 0.6) is 5.75 Å². The van der Waals surface area contributed by atoms with Gasteiger partial charge < -0.3 is 10.1 Å². The lowest BCUT2D eigenvalue weighted by Crippen LogP contribution is -2.45. The third kappa shape index (κ3) is 4.65. The molecule has 0 aromatic heterocycles. The number of anilines is 1. The van der Waals surface area contributed by atoms with Crippen LogP contribution in [0, 0.1) is 6.92 Å². The van der Waals surface area contributed by atoms with Crippen molar-refractivity contribution in [1.29, 1.82) is 0 Å². The van der Waals surface area contributed by atoms with Crippen LogP contribution in [0.1, 0.15) is 37.4 Å². The lowest BCUT2D eigenvalue weighted by atomic mass is 9.89. The van der Waals surface area contributed by atoms with E-state index in [-0.39, 0.29) is 18.5 Å². The Kier molecular flexibility index (Phi) is 5.39. The maximum atomic E-state index is 12.8. The summed E-state index contributed by atoms with van der Waals surface area (Å²) in [5.41, 5.74) is 1.95. The fourth-order valence-corrected chi connectivity index (χ4v) is 4.27. The van der Waals surface area contributed by atoms with Crippen LogP contribution in [0.4, 0.5) is 5.69 Å². The number of fused-ring (bicyclic) bond motifs is 1. The van der Waals surface area contributed by atoms with Gasteiger partial charge in [0.25, 0.3) is 0 Å². The Bertz CT molecular complexity index is 968. The first kappa shape index (κ1) is 20.2. The Morgan fingerprint density at radius 3 is 2.46 bits per heavy atom. The first-order valence-electron chi connectivity index (χ1n) is 9.17. The van der Waals surface area contributed by atoms with E-state index in [9.17, 15) is 13.2 Å². The van der Waals surface area contributed by atoms with Crippen molar-refractivity contribution in [3.05, 3.63) is 59.7 Å². The van der Waals surface area contributed by atoms with Gasteiger partial charge in [-0.3, -0.25) is 9.10 Å². The summed E-state index contributed by atoms with van der Waals surface area (Å²) in [5.74, 6) is 0.381. The van der Waals surface area contributed by atoms with Crippen molar-refractivity contribution in [3.8, 4) is 5.75 Å². The van der Waals surface area contributed by atoms with Crippen molar-refractivity contribution in [2.75, 3.05) is 17.1 Å². The molecule has 0 aliphatic carbocycles. The number of aryl methyl sites for hydroxylation is 1. The number of carbonyl (C=O) groups is 1. The van der Waals surface area contributed by atoms with Gasteiger partial charge in [0, 0.05) is 12.0 Å². The van der Waals surface area contributed by atoms with Crippen molar-refractivity contribution in [2.45, 2.75) is 38.8 Å². The van der Waals surface area contributed by atoms with E-state index in [1.165, 1.54) is 0 Å². The van der Waals surface area contributed by atoms with E-state index < -0.39 is 15.6 Å². The van der Waals surface area contributed by atoms with Crippen molar-refractivity contribution in [3.63, 3.8) is 0 Å². The van der Waals surface area contributed by atoms with Gasteiger partial charge in [0.1, 0.15) is 17.9 Å². The van der Waals surface area contributed by atoms with Gasteiger partial charge >= 0.3 is 0 Å². The number of carbonyl (C=O) groups excluding carboxylic acids is 1. The number of hydrogen-bond acceptors (Lipinski definition) is 4. The molecule has 7 heteroatoms. The first-order valence-corrected chi connectivity index (χ1v) is 11.0. The standard InChI is InChI=1S/C21H26N2O4S/c1-15-9-11-16(12-10-15)23(28(4,25)26)14-20(24)22-18-13-21(2,3)27-19-8-6-5-7-17(18)19/h5-12,18H,13-14H2,1-4H3,(H,22,24). The zero-order chi connectivity index (χ0) is 20.5. The zero-order valence-corrected chi connectivity index (χ0v) is 17.4. The van der Waals surface area contributed by atoms with Crippen LogP contribution >= 0.6 is 0 Å². The largest absolute Gasteiger partial charge is 0.487 e. The summed E-state index contributed by atoms with van der Waals surface area (Å²) in [6, 6.07) is 14.4. The molecule has 6 nitrogen and oxygen atoms in total. The van der Waals surface area contributed by atoms with Gasteiger partial charge in [-0.2, -0.15) is 0 Å². The monoisotopic (exact) mass is 402 g/mol. The maximum Gasteiger partial charge on any atom is 0.241 e. The Hall–Kier alpha value is -2.54. The predicted molar refractivity (Wildman–Crippen MR) is 110 cm³/mol. The van der Waals surface area contributed by atoms with Crippen LogP contribution in [0.2, 0.25) is 0 Å². The highest BCUT2D eigenvalue weighted by Gasteiger charge is 2.34. The van der Waals surface area contributed by atoms with Gasteiger partial charge in [-0.25, -0.2) is 8.42 Å². The molecule has 1 unspecified atom stereocenters. The number of amides is 1. The maximum absolute atomic E-state index is 12.8. The average molecular weight is 403 g/mol. The summed E-state index contributed by atoms with van der Waals surface area (Å²) < 4.78 is 31.7. The molecule has 1 aliphatic rings. The Balaban J connectivity index is 1.81. The molecular weight excluding hydrogens is 376 g/mol. The highest BCUT2D eigenvalue weighted by molar-refractivity contribution is 7.92. The molecule has 2 aromatic rings. The van der Waals surface area contributed by atoms with Crippen LogP contribution in [0.15, 0.2) is 48.5 Å². The normalized spacial score (nSPS) is 17.9. The molecule has 0 fully saturated rings. The van der Waals surface area contributed by atoms with Crippen LogP contribution < -0.4 is 14.4 Å². The summed E-state index contributed by atoms with van der Waals surface area (Å²) in [4.78, 5) is 12.8. The van der Waals surface area contributed by atoms with Gasteiger partial charge in [0.05, 0.1) is 18.0 Å². The van der Waals surface area contributed by atoms with Gasteiger partial charge in [0.2, 0.25) is 15.9 Å². The Labute approximate surface area is 166 Å². The lowest BCUT2D eigenvalue weighted by molar-refractivity contribution is -0.120. The van der Waals surface area contributed by atoms with Gasteiger partial charge in [-0.1, -0.05) is 35.9 Å². The summed E-state index contributed by atoms with van der Waals surface area (Å²) >= 11 is 0. The van der Waals surface area contributed by atoms with Crippen molar-refractivity contribution in [2.24, 2.45) is 0 Å². The van der Waals surface area contributed by atoms with E-state index in [0.29, 0.717) is 12.1 Å². The predicted octanol–water partition coefficient (Wildman–Crippen LogP) is 3.18. The topological polar surface area (TPSA) is 75.7 Å². The van der Waals surface area contributed by atoms with E-state index in [1.54, 1.807) is 12.1 Å². The molecule has 1 N–H and O–H groups in total. The number of rotatable bonds is 5. The van der Waals surface area contributed by atoms with Crippen LogP contribution in [0.25, 0.3) is 0 Å². The summed E-state index contributed by atoms with van der Waals surface area (Å²) in [6.07, 6.45) is 1.70. The second-order valence-corrected chi connectivity index (χ2v) is 9.74. The minimum Gasteiger partial charge on any atom is -0.487 e. The second kappa shape index (κ2) is 7.47. The number of hydrogen-bond donors (Lipinski definition) is 1. The third-order valence-corrected chi connectivity index (χ3v) is 5.86. The fraction of sp³-hybridized carbons (Fsp3) is 0.381. The summed E-state index contributed by atoms with van der Waals surface area (Å²) in [6.45, 7) is 5.59. The quantitative estimate of drug-likeness (QED) is 0.833. The second-order valence-electron chi connectivity index (χ2n) is 7.83. The number of nitrogens with zero attached hydrogens (tertiary/aromatic N) is 1. The minimum atomic E-state index is -3.60. The Morgan fingerprint density at radius 1 is 1.18 bits per heavy atom. The van der Waals surface area contributed by atoms with Gasteiger partial charge in [0.15, 0.2) is 0 Å². The van der Waals surface area contributed by atoms with E-state index in [4.69, 9.17) is 4.74 Å². The molecule has 0 saturated heterocycles. The lowest BCUT2D eigenvalue weighted by Gasteiger charge is -2.38. The molecule has 0 spiro atoms. The minimum absolute atomic E-state index is 0.244. The zero-order valence-electron chi connectivity index (χ0n) is 16.6. The number of ether oxygens (including phenoxy) is 1. The number of para-hydroxylation sites is 1. The SMILES string of the molecule is Cc1ccc(N(CC(=O)NC2CC(C)(C)Oc3ccccc32)S(C)(=O)=O)cc1. The molecule has 0 radical (unpaired) electrons. The molecule has 1 atom stereocenters. The molecule has 150 valence electrons. The van der Waals surface area contributed by atoms with E-state index in [0.717, 1.165) is 27.4 Å². The fourth-order valence-electron chi connectivity index (χ4n) is 3.41. The highest BCUT2D eigenvalue weighted by Crippen LogP contribution is 2.39. The van der Waals surface area contributed by atoms with Crippen LogP contribution in [0.3, 0.4) is 0 Å². The molecule has 1 aliphatic heterocycles. The van der Waals surface area contributed by atoms with E-state index in [1.807, 2.05) is 57.2 Å². The van der Waals surface area contributed by atoms with Gasteiger partial charge in [-0.15, -0.1) is 0 Å². The molecule has 3 rings (SSSR count). The van der Waals surface area contributed by atoms with Crippen molar-refractivity contribution >= 4 is 21.6 Å². The molecule has 28 heavy (non-hydrogen) atoms. The van der Waals surface area contributed by atoms with Crippen molar-refractivity contribution in [1.82, 2.24) is 5.32 Å². The smallest absolute Gasteiger partial charge is 0.241 e. The molecule has 1 amide bonds. The Morgan fingerprint density at radius 2 is 1.82 bits per heavy atom. The number of benzene rings is 2. The molecule has 0 bridgehead atoms.